The van der Waals surface area contributed by atoms with Crippen molar-refractivity contribution in [1.82, 2.24) is 10.2 Å². The van der Waals surface area contributed by atoms with Crippen LogP contribution in [-0.2, 0) is 11.3 Å². The Labute approximate surface area is 183 Å². The molecule has 0 fully saturated rings. The van der Waals surface area contributed by atoms with Gasteiger partial charge >= 0.3 is 0 Å². The van der Waals surface area contributed by atoms with Crippen molar-refractivity contribution in [2.45, 2.75) is 17.5 Å². The predicted octanol–water partition coefficient (Wildman–Crippen LogP) is 4.75. The largest absolute Gasteiger partial charge is 0.497 e. The van der Waals surface area contributed by atoms with Crippen molar-refractivity contribution in [3.8, 4) is 5.75 Å². The molecule has 3 aromatic carbocycles. The van der Waals surface area contributed by atoms with E-state index in [0.29, 0.717) is 6.54 Å². The molecule has 0 heterocycles. The quantitative estimate of drug-likeness (QED) is 0.507. The lowest BCUT2D eigenvalue weighted by atomic mass is 9.98. The van der Waals surface area contributed by atoms with Gasteiger partial charge in [0, 0.05) is 11.4 Å². The molecule has 5 heteroatoms. The first-order valence-electron chi connectivity index (χ1n) is 9.89. The Kier molecular flexibility index (Phi) is 7.94. The molecule has 0 aliphatic carbocycles. The van der Waals surface area contributed by atoms with Gasteiger partial charge in [0.1, 0.15) is 5.75 Å². The van der Waals surface area contributed by atoms with E-state index in [1.54, 1.807) is 18.9 Å². The summed E-state index contributed by atoms with van der Waals surface area (Å²) in [6.45, 7) is 1.05. The van der Waals surface area contributed by atoms with Crippen molar-refractivity contribution in [1.29, 1.82) is 0 Å². The number of nitrogens with zero attached hydrogens (tertiary/aromatic N) is 1. The lowest BCUT2D eigenvalue weighted by molar-refractivity contribution is -0.122. The van der Waals surface area contributed by atoms with Gasteiger partial charge in [0.15, 0.2) is 0 Å². The standard InChI is InChI=1S/C25H28N2O2S/c1-27(17-19-9-15-23(30-3)16-10-19)18-24(28)26-25(20-7-5-4-6-8-20)21-11-13-22(29-2)14-12-21/h4-16,25H,17-18H2,1-3H3,(H,26,28)/t25-/m0/s1. The number of carbonyl (C=O) groups excluding carboxylic acids is 1. The first kappa shape index (κ1) is 21.9. The highest BCUT2D eigenvalue weighted by atomic mass is 32.2. The number of hydrogen-bond donors (Lipinski definition) is 1. The van der Waals surface area contributed by atoms with Crippen molar-refractivity contribution < 1.29 is 9.53 Å². The van der Waals surface area contributed by atoms with E-state index >= 15 is 0 Å². The lowest BCUT2D eigenvalue weighted by Gasteiger charge is -2.22. The SMILES string of the molecule is COc1ccc([C@@H](NC(=O)CN(C)Cc2ccc(SC)cc2)c2ccccc2)cc1. The first-order valence-corrected chi connectivity index (χ1v) is 11.1. The number of ether oxygens (including phenoxy) is 1. The third kappa shape index (κ3) is 6.12. The van der Waals surface area contributed by atoms with Crippen LogP contribution in [-0.4, -0.2) is 37.8 Å². The molecule has 156 valence electrons. The van der Waals surface area contributed by atoms with Gasteiger partial charge in [0.2, 0.25) is 5.91 Å². The summed E-state index contributed by atoms with van der Waals surface area (Å²) in [5.74, 6) is 0.784. The van der Waals surface area contributed by atoms with Crippen LogP contribution in [0.4, 0.5) is 0 Å². The van der Waals surface area contributed by atoms with Crippen LogP contribution in [0.15, 0.2) is 83.8 Å². The minimum absolute atomic E-state index is 0.0112. The van der Waals surface area contributed by atoms with Gasteiger partial charge in [0.25, 0.3) is 0 Å². The molecular formula is C25H28N2O2S. The zero-order valence-corrected chi connectivity index (χ0v) is 18.5. The average Bonchev–Trinajstić information content (AvgIpc) is 2.78. The number of rotatable bonds is 9. The maximum atomic E-state index is 12.8. The third-order valence-corrected chi connectivity index (χ3v) is 5.66. The van der Waals surface area contributed by atoms with E-state index < -0.39 is 0 Å². The normalized spacial score (nSPS) is 11.9. The molecule has 1 atom stereocenters. The summed E-state index contributed by atoms with van der Waals surface area (Å²) in [4.78, 5) is 16.1. The van der Waals surface area contributed by atoms with Crippen molar-refractivity contribution in [2.24, 2.45) is 0 Å². The molecule has 0 saturated carbocycles. The van der Waals surface area contributed by atoms with Gasteiger partial charge in [-0.2, -0.15) is 0 Å². The van der Waals surface area contributed by atoms with Crippen molar-refractivity contribution >= 4 is 17.7 Å². The second-order valence-electron chi connectivity index (χ2n) is 7.20. The fourth-order valence-corrected chi connectivity index (χ4v) is 3.76. The second kappa shape index (κ2) is 10.9. The average molecular weight is 421 g/mol. The predicted molar refractivity (Wildman–Crippen MR) is 124 cm³/mol. The summed E-state index contributed by atoms with van der Waals surface area (Å²) in [7, 11) is 3.61. The molecule has 0 aliphatic rings. The van der Waals surface area contributed by atoms with Gasteiger partial charge in [-0.05, 0) is 54.3 Å². The molecule has 0 spiro atoms. The number of carbonyl (C=O) groups is 1. The highest BCUT2D eigenvalue weighted by Crippen LogP contribution is 2.24. The van der Waals surface area contributed by atoms with Crippen molar-refractivity contribution in [2.75, 3.05) is 27.0 Å². The first-order chi connectivity index (χ1) is 14.6. The number of benzene rings is 3. The second-order valence-corrected chi connectivity index (χ2v) is 8.08. The molecule has 4 nitrogen and oxygen atoms in total. The summed E-state index contributed by atoms with van der Waals surface area (Å²) >= 11 is 1.73. The third-order valence-electron chi connectivity index (χ3n) is 4.91. The number of amides is 1. The smallest absolute Gasteiger partial charge is 0.234 e. The Balaban J connectivity index is 1.67. The van der Waals surface area contributed by atoms with E-state index in [1.807, 2.05) is 66.5 Å². The maximum Gasteiger partial charge on any atom is 0.234 e. The number of thioether (sulfide) groups is 1. The van der Waals surface area contributed by atoms with Crippen molar-refractivity contribution in [3.05, 3.63) is 95.6 Å². The molecule has 0 radical (unpaired) electrons. The van der Waals surface area contributed by atoms with Gasteiger partial charge in [-0.1, -0.05) is 54.6 Å². The van der Waals surface area contributed by atoms with E-state index in [-0.39, 0.29) is 11.9 Å². The van der Waals surface area contributed by atoms with Gasteiger partial charge in [-0.15, -0.1) is 11.8 Å². The number of methoxy groups -OCH3 is 1. The van der Waals surface area contributed by atoms with E-state index in [2.05, 4.69) is 35.8 Å². The summed E-state index contributed by atoms with van der Waals surface area (Å²) in [6, 6.07) is 26.1. The van der Waals surface area contributed by atoms with Crippen LogP contribution in [0.5, 0.6) is 5.75 Å². The molecule has 0 unspecified atom stereocenters. The summed E-state index contributed by atoms with van der Waals surface area (Å²) in [5, 5.41) is 3.20. The van der Waals surface area contributed by atoms with Gasteiger partial charge in [0.05, 0.1) is 19.7 Å². The molecule has 0 bridgehead atoms. The molecule has 3 aromatic rings. The summed E-state index contributed by atoms with van der Waals surface area (Å²) in [5.41, 5.74) is 3.26. The van der Waals surface area contributed by atoms with Crippen LogP contribution < -0.4 is 10.1 Å². The molecular weight excluding hydrogens is 392 g/mol. The Bertz CT molecular complexity index is 928. The Morgan fingerprint density at radius 2 is 1.60 bits per heavy atom. The Morgan fingerprint density at radius 1 is 0.967 bits per heavy atom. The van der Waals surface area contributed by atoms with E-state index in [0.717, 1.165) is 23.4 Å². The molecule has 3 rings (SSSR count). The fraction of sp³-hybridized carbons (Fsp3) is 0.240. The van der Waals surface area contributed by atoms with Crippen LogP contribution in [0.1, 0.15) is 22.7 Å². The van der Waals surface area contributed by atoms with Gasteiger partial charge in [-0.3, -0.25) is 9.69 Å². The monoisotopic (exact) mass is 420 g/mol. The Morgan fingerprint density at radius 3 is 2.20 bits per heavy atom. The van der Waals surface area contributed by atoms with E-state index in [9.17, 15) is 4.79 Å². The minimum atomic E-state index is -0.209. The highest BCUT2D eigenvalue weighted by Gasteiger charge is 2.18. The molecule has 1 N–H and O–H groups in total. The lowest BCUT2D eigenvalue weighted by Crippen LogP contribution is -2.37. The van der Waals surface area contributed by atoms with Crippen LogP contribution in [0.3, 0.4) is 0 Å². The van der Waals surface area contributed by atoms with E-state index in [4.69, 9.17) is 4.74 Å². The number of hydrogen-bond acceptors (Lipinski definition) is 4. The van der Waals surface area contributed by atoms with Crippen LogP contribution in [0, 0.1) is 0 Å². The van der Waals surface area contributed by atoms with Crippen LogP contribution in [0.25, 0.3) is 0 Å². The summed E-state index contributed by atoms with van der Waals surface area (Å²) < 4.78 is 5.26. The van der Waals surface area contributed by atoms with Crippen LogP contribution >= 0.6 is 11.8 Å². The number of nitrogens with one attached hydrogen (secondary N) is 1. The van der Waals surface area contributed by atoms with Crippen LogP contribution in [0.2, 0.25) is 0 Å². The minimum Gasteiger partial charge on any atom is -0.497 e. The molecule has 1 amide bonds. The molecule has 0 aromatic heterocycles. The molecule has 0 saturated heterocycles. The topological polar surface area (TPSA) is 41.6 Å². The summed E-state index contributed by atoms with van der Waals surface area (Å²) in [6.07, 6.45) is 2.07. The molecule has 30 heavy (non-hydrogen) atoms. The number of likely N-dealkylation sites (N-methyl/N-ethyl adjacent to an activating group) is 1. The zero-order valence-electron chi connectivity index (χ0n) is 17.7. The van der Waals surface area contributed by atoms with Crippen molar-refractivity contribution in [3.63, 3.8) is 0 Å². The Hall–Kier alpha value is -2.76. The van der Waals surface area contributed by atoms with Gasteiger partial charge in [-0.25, -0.2) is 0 Å². The van der Waals surface area contributed by atoms with E-state index in [1.165, 1.54) is 10.5 Å². The zero-order chi connectivity index (χ0) is 21.3. The maximum absolute atomic E-state index is 12.8. The highest BCUT2D eigenvalue weighted by molar-refractivity contribution is 7.98. The van der Waals surface area contributed by atoms with Gasteiger partial charge < -0.3 is 10.1 Å². The fourth-order valence-electron chi connectivity index (χ4n) is 3.35. The molecule has 0 aliphatic heterocycles.